The minimum absolute atomic E-state index is 0.00348. The Hall–Kier alpha value is -1.90. The van der Waals surface area contributed by atoms with Crippen LogP contribution in [0.25, 0.3) is 0 Å². The van der Waals surface area contributed by atoms with Crippen LogP contribution in [0.3, 0.4) is 0 Å². The van der Waals surface area contributed by atoms with Crippen LogP contribution in [0.2, 0.25) is 0 Å². The Morgan fingerprint density at radius 2 is 1.81 bits per heavy atom. The number of nitrogens with one attached hydrogen (secondary N) is 2. The van der Waals surface area contributed by atoms with E-state index in [4.69, 9.17) is 4.74 Å². The maximum atomic E-state index is 12.7. The van der Waals surface area contributed by atoms with Gasteiger partial charge in [0.1, 0.15) is 5.75 Å². The molecule has 6 nitrogen and oxygen atoms in total. The molecule has 1 fully saturated rings. The van der Waals surface area contributed by atoms with Crippen LogP contribution in [0.1, 0.15) is 55.7 Å². The first kappa shape index (κ1) is 24.7. The second-order valence-corrected chi connectivity index (χ2v) is 11.0. The van der Waals surface area contributed by atoms with Gasteiger partial charge in [-0.15, -0.1) is 0 Å². The molecule has 0 radical (unpaired) electrons. The lowest BCUT2D eigenvalue weighted by atomic mass is 9.96. The molecule has 1 amide bonds. The van der Waals surface area contributed by atoms with E-state index in [0.717, 1.165) is 59.8 Å². The molecule has 1 aliphatic carbocycles. The molecule has 0 unspecified atom stereocenters. The van der Waals surface area contributed by atoms with Crippen LogP contribution in [0.4, 0.5) is 5.69 Å². The monoisotopic (exact) mass is 522 g/mol. The SMILES string of the molecule is CCc1cc(Br)cc(C)c1NC(=O)COc1ccc(S(=O)(=O)NC2CCCCC2)cc1C. The Bertz CT molecular complexity index is 1080. The van der Waals surface area contributed by atoms with Gasteiger partial charge in [-0.25, -0.2) is 13.1 Å². The number of halogens is 1. The molecule has 2 N–H and O–H groups in total. The van der Waals surface area contributed by atoms with Gasteiger partial charge in [0, 0.05) is 16.2 Å². The number of sulfonamides is 1. The molecule has 32 heavy (non-hydrogen) atoms. The number of hydrogen-bond acceptors (Lipinski definition) is 4. The van der Waals surface area contributed by atoms with E-state index in [0.29, 0.717) is 11.3 Å². The van der Waals surface area contributed by atoms with E-state index in [1.807, 2.05) is 26.0 Å². The average molecular weight is 523 g/mol. The molecular formula is C24H31BrN2O4S. The molecule has 0 aliphatic heterocycles. The Labute approximate surface area is 199 Å². The van der Waals surface area contributed by atoms with Crippen LogP contribution in [0.15, 0.2) is 39.7 Å². The van der Waals surface area contributed by atoms with E-state index >= 15 is 0 Å². The Kier molecular flexibility index (Phi) is 8.36. The highest BCUT2D eigenvalue weighted by Crippen LogP contribution is 2.27. The summed E-state index contributed by atoms with van der Waals surface area (Å²) >= 11 is 3.49. The molecular weight excluding hydrogens is 492 g/mol. The second kappa shape index (κ2) is 10.8. The number of carbonyl (C=O) groups is 1. The van der Waals surface area contributed by atoms with Gasteiger partial charge in [0.05, 0.1) is 4.90 Å². The number of benzene rings is 2. The van der Waals surface area contributed by atoms with Crippen LogP contribution >= 0.6 is 15.9 Å². The van der Waals surface area contributed by atoms with Gasteiger partial charge in [0.2, 0.25) is 10.0 Å². The van der Waals surface area contributed by atoms with Gasteiger partial charge < -0.3 is 10.1 Å². The Morgan fingerprint density at radius 3 is 2.47 bits per heavy atom. The number of carbonyl (C=O) groups excluding carboxylic acids is 1. The average Bonchev–Trinajstić information content (AvgIpc) is 2.74. The smallest absolute Gasteiger partial charge is 0.262 e. The standard InChI is InChI=1S/C24H31BrN2O4S/c1-4-18-14-19(25)12-17(3)24(18)26-23(28)15-31-22-11-10-21(13-16(22)2)32(29,30)27-20-8-6-5-7-9-20/h10-14,20,27H,4-9,15H2,1-3H3,(H,26,28). The zero-order valence-corrected chi connectivity index (χ0v) is 21.2. The summed E-state index contributed by atoms with van der Waals surface area (Å²) in [7, 11) is -3.58. The fraction of sp³-hybridized carbons (Fsp3) is 0.458. The van der Waals surface area contributed by atoms with E-state index < -0.39 is 10.0 Å². The third-order valence-corrected chi connectivity index (χ3v) is 7.75. The van der Waals surface area contributed by atoms with Gasteiger partial charge in [-0.05, 0) is 80.1 Å². The predicted octanol–water partition coefficient (Wildman–Crippen LogP) is 5.26. The fourth-order valence-corrected chi connectivity index (χ4v) is 6.06. The summed E-state index contributed by atoms with van der Waals surface area (Å²) < 4.78 is 34.9. The second-order valence-electron chi connectivity index (χ2n) is 8.33. The molecule has 0 heterocycles. The normalized spacial score (nSPS) is 14.9. The fourth-order valence-electron chi connectivity index (χ4n) is 4.05. The lowest BCUT2D eigenvalue weighted by Gasteiger charge is -2.22. The molecule has 3 rings (SSSR count). The maximum absolute atomic E-state index is 12.7. The minimum atomic E-state index is -3.58. The van der Waals surface area contributed by atoms with Crippen molar-refractivity contribution in [3.8, 4) is 5.75 Å². The van der Waals surface area contributed by atoms with Gasteiger partial charge in [-0.1, -0.05) is 42.1 Å². The van der Waals surface area contributed by atoms with E-state index in [1.54, 1.807) is 19.1 Å². The van der Waals surface area contributed by atoms with Crippen molar-refractivity contribution < 1.29 is 17.9 Å². The third-order valence-electron chi connectivity index (χ3n) is 5.77. The molecule has 2 aromatic rings. The van der Waals surface area contributed by atoms with Gasteiger partial charge >= 0.3 is 0 Å². The van der Waals surface area contributed by atoms with E-state index in [2.05, 4.69) is 26.0 Å². The highest BCUT2D eigenvalue weighted by atomic mass is 79.9. The van der Waals surface area contributed by atoms with E-state index in [1.165, 1.54) is 6.07 Å². The van der Waals surface area contributed by atoms with Crippen LogP contribution < -0.4 is 14.8 Å². The van der Waals surface area contributed by atoms with Crippen molar-refractivity contribution in [2.45, 2.75) is 70.2 Å². The molecule has 8 heteroatoms. The molecule has 1 aliphatic rings. The summed E-state index contributed by atoms with van der Waals surface area (Å²) in [4.78, 5) is 12.7. The van der Waals surface area contributed by atoms with Crippen LogP contribution in [-0.4, -0.2) is 27.0 Å². The van der Waals surface area contributed by atoms with Crippen LogP contribution in [0.5, 0.6) is 5.75 Å². The minimum Gasteiger partial charge on any atom is -0.483 e. The zero-order chi connectivity index (χ0) is 23.3. The molecule has 174 valence electrons. The summed E-state index contributed by atoms with van der Waals surface area (Å²) in [6, 6.07) is 8.68. The van der Waals surface area contributed by atoms with Gasteiger partial charge in [-0.2, -0.15) is 0 Å². The Morgan fingerprint density at radius 1 is 1.09 bits per heavy atom. The van der Waals surface area contributed by atoms with Crippen molar-refractivity contribution >= 4 is 37.5 Å². The maximum Gasteiger partial charge on any atom is 0.262 e. The highest BCUT2D eigenvalue weighted by Gasteiger charge is 2.22. The number of aryl methyl sites for hydroxylation is 3. The van der Waals surface area contributed by atoms with E-state index in [-0.39, 0.29) is 23.5 Å². The number of ether oxygens (including phenoxy) is 1. The van der Waals surface area contributed by atoms with Crippen molar-refractivity contribution in [1.29, 1.82) is 0 Å². The summed E-state index contributed by atoms with van der Waals surface area (Å²) in [5, 5.41) is 2.94. The summed E-state index contributed by atoms with van der Waals surface area (Å²) in [5.41, 5.74) is 3.48. The number of amides is 1. The van der Waals surface area contributed by atoms with Gasteiger partial charge in [0.15, 0.2) is 6.61 Å². The number of hydrogen-bond donors (Lipinski definition) is 2. The molecule has 0 bridgehead atoms. The Balaban J connectivity index is 1.63. The first-order chi connectivity index (χ1) is 15.2. The molecule has 1 saturated carbocycles. The zero-order valence-electron chi connectivity index (χ0n) is 18.8. The van der Waals surface area contributed by atoms with Crippen LogP contribution in [0, 0.1) is 13.8 Å². The van der Waals surface area contributed by atoms with Crippen molar-refractivity contribution in [3.63, 3.8) is 0 Å². The first-order valence-electron chi connectivity index (χ1n) is 11.0. The largest absolute Gasteiger partial charge is 0.483 e. The molecule has 2 aromatic carbocycles. The van der Waals surface area contributed by atoms with Gasteiger partial charge in [0.25, 0.3) is 5.91 Å². The van der Waals surface area contributed by atoms with E-state index in [9.17, 15) is 13.2 Å². The topological polar surface area (TPSA) is 84.5 Å². The lowest BCUT2D eigenvalue weighted by molar-refractivity contribution is -0.118. The predicted molar refractivity (Wildman–Crippen MR) is 131 cm³/mol. The van der Waals surface area contributed by atoms with Crippen molar-refractivity contribution in [3.05, 3.63) is 51.5 Å². The first-order valence-corrected chi connectivity index (χ1v) is 13.3. The summed E-state index contributed by atoms with van der Waals surface area (Å²) in [5.74, 6) is 0.222. The van der Waals surface area contributed by atoms with Crippen molar-refractivity contribution in [2.75, 3.05) is 11.9 Å². The summed E-state index contributed by atoms with van der Waals surface area (Å²) in [6.07, 6.45) is 5.83. The third kappa shape index (κ3) is 6.33. The van der Waals surface area contributed by atoms with Crippen molar-refractivity contribution in [1.82, 2.24) is 4.72 Å². The van der Waals surface area contributed by atoms with Gasteiger partial charge in [-0.3, -0.25) is 4.79 Å². The molecule has 0 aromatic heterocycles. The lowest BCUT2D eigenvalue weighted by Crippen LogP contribution is -2.36. The number of anilines is 1. The number of rotatable bonds is 8. The van der Waals surface area contributed by atoms with Crippen molar-refractivity contribution in [2.24, 2.45) is 0 Å². The quantitative estimate of drug-likeness (QED) is 0.495. The molecule has 0 atom stereocenters. The summed E-state index contributed by atoms with van der Waals surface area (Å²) in [6.45, 7) is 5.60. The highest BCUT2D eigenvalue weighted by molar-refractivity contribution is 9.10. The molecule has 0 saturated heterocycles. The molecule has 0 spiro atoms. The van der Waals surface area contributed by atoms with Crippen LogP contribution in [-0.2, 0) is 21.2 Å².